The van der Waals surface area contributed by atoms with E-state index >= 15 is 0 Å². The minimum atomic E-state index is -2.14. The van der Waals surface area contributed by atoms with Crippen LogP contribution < -0.4 is 5.19 Å². The van der Waals surface area contributed by atoms with Gasteiger partial charge in [0, 0.05) is 49.4 Å². The third-order valence-corrected chi connectivity index (χ3v) is 9.92. The van der Waals surface area contributed by atoms with Gasteiger partial charge in [-0.25, -0.2) is 0 Å². The molecular formula is C35H34IrN2SSi-2. The summed E-state index contributed by atoms with van der Waals surface area (Å²) < 4.78 is 25.1. The van der Waals surface area contributed by atoms with Crippen molar-refractivity contribution < 1.29 is 24.2 Å². The van der Waals surface area contributed by atoms with Crippen LogP contribution in [0.4, 0.5) is 0 Å². The van der Waals surface area contributed by atoms with Crippen LogP contribution in [0.5, 0.6) is 0 Å². The van der Waals surface area contributed by atoms with Gasteiger partial charge in [0.25, 0.3) is 0 Å². The molecule has 0 saturated heterocycles. The van der Waals surface area contributed by atoms with E-state index in [1.165, 1.54) is 37.1 Å². The summed E-state index contributed by atoms with van der Waals surface area (Å²) in [4.78, 5) is 8.89. The SMILES string of the molecule is CC(C)c1ccc(-c2[c-]cccc2)nc1.[2H]C([2H])([2H])c1ccc(-c2[c-]cc([Si](C)(C)C)c3c2sc2ccccc23)nc1.[Ir]. The van der Waals surface area contributed by atoms with Crippen LogP contribution in [-0.2, 0) is 20.1 Å². The zero-order valence-corrected chi connectivity index (χ0v) is 27.6. The van der Waals surface area contributed by atoms with Crippen molar-refractivity contribution >= 4 is 44.8 Å². The number of aryl methyl sites for hydroxylation is 1. The quantitative estimate of drug-likeness (QED) is 0.133. The van der Waals surface area contributed by atoms with Gasteiger partial charge in [-0.1, -0.05) is 81.3 Å². The topological polar surface area (TPSA) is 25.8 Å². The molecule has 5 heteroatoms. The summed E-state index contributed by atoms with van der Waals surface area (Å²) in [5.41, 5.74) is 5.28. The summed E-state index contributed by atoms with van der Waals surface area (Å²) in [5.74, 6) is 0.534. The van der Waals surface area contributed by atoms with Crippen molar-refractivity contribution in [3.63, 3.8) is 0 Å². The largest absolute Gasteiger partial charge is 0.304 e. The molecule has 1 radical (unpaired) electrons. The molecule has 0 saturated carbocycles. The van der Waals surface area contributed by atoms with E-state index in [4.69, 9.17) is 4.11 Å². The number of rotatable bonds is 4. The van der Waals surface area contributed by atoms with Gasteiger partial charge in [-0.2, -0.15) is 11.3 Å². The molecule has 0 aliphatic carbocycles. The molecule has 0 N–H and O–H groups in total. The predicted octanol–water partition coefficient (Wildman–Crippen LogP) is 9.44. The Kier molecular flexibility index (Phi) is 8.25. The van der Waals surface area contributed by atoms with Crippen LogP contribution in [0.1, 0.15) is 35.0 Å². The smallest absolute Gasteiger partial charge is 0.0300 e. The van der Waals surface area contributed by atoms with E-state index in [9.17, 15) is 0 Å². The Balaban J connectivity index is 0.000000225. The molecule has 40 heavy (non-hydrogen) atoms. The second kappa shape index (κ2) is 12.7. The third-order valence-electron chi connectivity index (χ3n) is 6.72. The molecule has 3 aromatic carbocycles. The maximum atomic E-state index is 7.54. The summed E-state index contributed by atoms with van der Waals surface area (Å²) in [6.07, 6.45) is 3.41. The van der Waals surface area contributed by atoms with Crippen LogP contribution >= 0.6 is 11.3 Å². The average Bonchev–Trinajstić information content (AvgIpc) is 3.36. The third kappa shape index (κ3) is 6.50. The van der Waals surface area contributed by atoms with E-state index in [0.29, 0.717) is 5.92 Å². The van der Waals surface area contributed by atoms with Gasteiger partial charge in [-0.3, -0.25) is 0 Å². The van der Waals surface area contributed by atoms with Crippen LogP contribution in [0, 0.1) is 19.0 Å². The zero-order valence-electron chi connectivity index (χ0n) is 26.4. The van der Waals surface area contributed by atoms with Gasteiger partial charge in [0.05, 0.1) is 0 Å². The minimum absolute atomic E-state index is 0. The molecule has 0 aliphatic heterocycles. The molecule has 0 amide bonds. The minimum Gasteiger partial charge on any atom is -0.304 e. The molecule has 0 aliphatic rings. The van der Waals surface area contributed by atoms with Crippen molar-refractivity contribution in [2.45, 2.75) is 46.3 Å². The molecule has 0 spiro atoms. The molecule has 6 rings (SSSR count). The van der Waals surface area contributed by atoms with Crippen molar-refractivity contribution in [1.29, 1.82) is 0 Å². The first-order valence-corrected chi connectivity index (χ1v) is 17.5. The van der Waals surface area contributed by atoms with E-state index in [2.05, 4.69) is 98.1 Å². The second-order valence-corrected chi connectivity index (χ2v) is 17.1. The number of fused-ring (bicyclic) bond motifs is 3. The molecule has 0 atom stereocenters. The molecule has 3 heterocycles. The summed E-state index contributed by atoms with van der Waals surface area (Å²) in [6, 6.07) is 32.8. The van der Waals surface area contributed by atoms with Crippen molar-refractivity contribution in [3.05, 3.63) is 115 Å². The first-order valence-electron chi connectivity index (χ1n) is 14.7. The molecule has 0 bridgehead atoms. The van der Waals surface area contributed by atoms with Gasteiger partial charge in [-0.15, -0.1) is 58.8 Å². The standard InChI is InChI=1S/C21H20NSSi.C14H14N.Ir/c1-14-9-11-17(22-13-14)15-10-12-19(24(2,3)4)20-16-7-5-6-8-18(16)23-21(15)20;1-11(2)13-8-9-14(15-10-13)12-6-4-3-5-7-12;/h5-9,11-13H,1-4H3;3-6,8-11H,1-2H3;/q2*-1;/i1D3;;. The second-order valence-electron chi connectivity index (χ2n) is 11.0. The van der Waals surface area contributed by atoms with Gasteiger partial charge >= 0.3 is 0 Å². The number of aromatic nitrogens is 2. The Labute approximate surface area is 261 Å². The maximum Gasteiger partial charge on any atom is 0.0300 e. The van der Waals surface area contributed by atoms with Gasteiger partial charge in [-0.05, 0) is 51.4 Å². The molecule has 205 valence electrons. The van der Waals surface area contributed by atoms with Crippen LogP contribution in [0.2, 0.25) is 19.6 Å². The molecule has 0 fully saturated rings. The van der Waals surface area contributed by atoms with E-state index in [1.807, 2.05) is 30.5 Å². The van der Waals surface area contributed by atoms with Crippen molar-refractivity contribution in [2.75, 3.05) is 0 Å². The van der Waals surface area contributed by atoms with Crippen LogP contribution in [0.3, 0.4) is 0 Å². The number of nitrogens with zero attached hydrogens (tertiary/aromatic N) is 2. The number of hydrogen-bond donors (Lipinski definition) is 0. The Hall–Kier alpha value is -2.95. The fraction of sp³-hybridized carbons (Fsp3) is 0.200. The fourth-order valence-electron chi connectivity index (χ4n) is 4.55. The van der Waals surface area contributed by atoms with E-state index in [-0.39, 0.29) is 25.7 Å². The van der Waals surface area contributed by atoms with Gasteiger partial charge in [0.15, 0.2) is 0 Å². The summed E-state index contributed by atoms with van der Waals surface area (Å²) >= 11 is 1.76. The fourth-order valence-corrected chi connectivity index (χ4v) is 7.39. The van der Waals surface area contributed by atoms with Crippen LogP contribution in [-0.4, -0.2) is 18.0 Å². The van der Waals surface area contributed by atoms with Gasteiger partial charge in [0.2, 0.25) is 0 Å². The maximum absolute atomic E-state index is 7.54. The molecular weight excluding hydrogens is 701 g/mol. The molecule has 6 aromatic rings. The number of benzene rings is 3. The number of hydrogen-bond acceptors (Lipinski definition) is 3. The van der Waals surface area contributed by atoms with E-state index in [1.54, 1.807) is 23.5 Å². The van der Waals surface area contributed by atoms with Crippen molar-refractivity contribution in [2.24, 2.45) is 0 Å². The van der Waals surface area contributed by atoms with E-state index in [0.717, 1.165) is 22.5 Å². The van der Waals surface area contributed by atoms with Crippen molar-refractivity contribution in [3.8, 4) is 22.5 Å². The van der Waals surface area contributed by atoms with Crippen LogP contribution in [0.25, 0.3) is 42.7 Å². The summed E-state index contributed by atoms with van der Waals surface area (Å²) in [5, 5.41) is 3.99. The number of pyridine rings is 2. The normalized spacial score (nSPS) is 12.7. The number of thiophene rings is 1. The predicted molar refractivity (Wildman–Crippen MR) is 172 cm³/mol. The Morgan fingerprint density at radius 2 is 1.60 bits per heavy atom. The van der Waals surface area contributed by atoms with Crippen molar-refractivity contribution in [1.82, 2.24) is 9.97 Å². The average molecular weight is 738 g/mol. The zero-order chi connectivity index (χ0) is 30.1. The first-order chi connectivity index (χ1) is 19.9. The Morgan fingerprint density at radius 1 is 0.850 bits per heavy atom. The van der Waals surface area contributed by atoms with E-state index < -0.39 is 14.9 Å². The first kappa shape index (κ1) is 26.0. The monoisotopic (exact) mass is 738 g/mol. The summed E-state index contributed by atoms with van der Waals surface area (Å²) in [7, 11) is -1.56. The van der Waals surface area contributed by atoms with Crippen LogP contribution in [0.15, 0.2) is 91.3 Å². The summed E-state index contributed by atoms with van der Waals surface area (Å²) in [6.45, 7) is 9.27. The van der Waals surface area contributed by atoms with Gasteiger partial charge < -0.3 is 9.97 Å². The van der Waals surface area contributed by atoms with Gasteiger partial charge in [0.1, 0.15) is 0 Å². The Bertz CT molecular complexity index is 1810. The molecule has 0 unspecified atom stereocenters. The molecule has 2 nitrogen and oxygen atoms in total. The molecule has 3 aromatic heterocycles. The Morgan fingerprint density at radius 3 is 2.23 bits per heavy atom.